The van der Waals surface area contributed by atoms with Crippen molar-refractivity contribution in [3.8, 4) is 10.6 Å². The van der Waals surface area contributed by atoms with Crippen LogP contribution in [-0.2, 0) is 4.74 Å². The van der Waals surface area contributed by atoms with Crippen LogP contribution >= 0.6 is 11.3 Å². The molecule has 17 heavy (non-hydrogen) atoms. The van der Waals surface area contributed by atoms with E-state index in [1.165, 1.54) is 11.3 Å². The summed E-state index contributed by atoms with van der Waals surface area (Å²) in [5, 5.41) is 0.667. The van der Waals surface area contributed by atoms with Gasteiger partial charge in [0.25, 0.3) is 0 Å². The summed E-state index contributed by atoms with van der Waals surface area (Å²) in [5.41, 5.74) is 2.18. The van der Waals surface area contributed by atoms with Crippen molar-refractivity contribution in [2.24, 2.45) is 0 Å². The molecule has 4 nitrogen and oxygen atoms in total. The van der Waals surface area contributed by atoms with E-state index in [-0.39, 0.29) is 5.69 Å². The number of hydrogen-bond donors (Lipinski definition) is 0. The first-order chi connectivity index (χ1) is 8.15. The molecule has 0 saturated heterocycles. The number of aryl methyl sites for hydroxylation is 1. The number of nitrogens with zero attached hydrogens (tertiary/aromatic N) is 1. The molecule has 0 spiro atoms. The van der Waals surface area contributed by atoms with E-state index in [0.717, 1.165) is 11.1 Å². The van der Waals surface area contributed by atoms with Gasteiger partial charge in [0.2, 0.25) is 0 Å². The summed E-state index contributed by atoms with van der Waals surface area (Å²) in [5.74, 6) is -1.25. The molecule has 1 aliphatic rings. The predicted octanol–water partition coefficient (Wildman–Crippen LogP) is 2.43. The van der Waals surface area contributed by atoms with Gasteiger partial charge in [0, 0.05) is 5.56 Å². The molecule has 2 heterocycles. The van der Waals surface area contributed by atoms with Gasteiger partial charge in [0.15, 0.2) is 5.69 Å². The minimum atomic E-state index is -0.653. The van der Waals surface area contributed by atoms with Crippen molar-refractivity contribution in [2.45, 2.75) is 6.92 Å². The fraction of sp³-hybridized carbons (Fsp3) is 0.0833. The monoisotopic (exact) mass is 245 g/mol. The van der Waals surface area contributed by atoms with E-state index in [2.05, 4.69) is 9.72 Å². The van der Waals surface area contributed by atoms with Crippen molar-refractivity contribution in [2.75, 3.05) is 0 Å². The second-order valence-electron chi connectivity index (χ2n) is 3.74. The fourth-order valence-corrected chi connectivity index (χ4v) is 2.53. The first-order valence-electron chi connectivity index (χ1n) is 4.99. The zero-order valence-corrected chi connectivity index (χ0v) is 9.71. The van der Waals surface area contributed by atoms with Gasteiger partial charge in [-0.05, 0) is 6.92 Å². The average molecular weight is 245 g/mol. The van der Waals surface area contributed by atoms with E-state index in [9.17, 15) is 9.59 Å². The number of fused-ring (bicyclic) bond motifs is 1. The minimum absolute atomic E-state index is 0.135. The lowest BCUT2D eigenvalue weighted by molar-refractivity contribution is 0.0443. The Kier molecular flexibility index (Phi) is 2.09. The molecule has 3 rings (SSSR count). The van der Waals surface area contributed by atoms with Crippen molar-refractivity contribution >= 4 is 23.3 Å². The molecule has 0 saturated carbocycles. The van der Waals surface area contributed by atoms with Gasteiger partial charge in [0.1, 0.15) is 9.88 Å². The van der Waals surface area contributed by atoms with Crippen LogP contribution in [0.25, 0.3) is 10.6 Å². The molecule has 84 valence electrons. The first kappa shape index (κ1) is 10.2. The highest BCUT2D eigenvalue weighted by atomic mass is 32.1. The van der Waals surface area contributed by atoms with Crippen molar-refractivity contribution in [3.05, 3.63) is 40.4 Å². The molecule has 0 atom stereocenters. The maximum Gasteiger partial charge on any atom is 0.366 e. The quantitative estimate of drug-likeness (QED) is 0.572. The number of thiazole rings is 1. The Morgan fingerprint density at radius 1 is 1.12 bits per heavy atom. The third-order valence-corrected chi connectivity index (χ3v) is 3.57. The van der Waals surface area contributed by atoms with Gasteiger partial charge in [-0.15, -0.1) is 11.3 Å². The number of cyclic esters (lactones) is 2. The molecule has 0 N–H and O–H groups in total. The van der Waals surface area contributed by atoms with Crippen molar-refractivity contribution in [1.29, 1.82) is 0 Å². The SMILES string of the molecule is Cc1ccc(-c2nc3c(s2)C(=O)OC3=O)cc1. The summed E-state index contributed by atoms with van der Waals surface area (Å²) >= 11 is 1.19. The Balaban J connectivity index is 2.09. The van der Waals surface area contributed by atoms with Crippen LogP contribution in [0.15, 0.2) is 24.3 Å². The van der Waals surface area contributed by atoms with Crippen molar-refractivity contribution < 1.29 is 14.3 Å². The molecule has 1 aliphatic heterocycles. The van der Waals surface area contributed by atoms with Crippen LogP contribution in [0, 0.1) is 6.92 Å². The molecular formula is C12H7NO3S. The van der Waals surface area contributed by atoms with E-state index in [1.807, 2.05) is 31.2 Å². The molecule has 0 radical (unpaired) electrons. The van der Waals surface area contributed by atoms with Crippen molar-refractivity contribution in [3.63, 3.8) is 0 Å². The lowest BCUT2D eigenvalue weighted by atomic mass is 10.2. The second-order valence-corrected chi connectivity index (χ2v) is 4.74. The minimum Gasteiger partial charge on any atom is -0.384 e. The van der Waals surface area contributed by atoms with E-state index >= 15 is 0 Å². The summed E-state index contributed by atoms with van der Waals surface area (Å²) in [7, 11) is 0. The van der Waals surface area contributed by atoms with Gasteiger partial charge in [-0.1, -0.05) is 29.8 Å². The predicted molar refractivity (Wildman–Crippen MR) is 62.0 cm³/mol. The Morgan fingerprint density at radius 3 is 2.47 bits per heavy atom. The van der Waals surface area contributed by atoms with Gasteiger partial charge in [-0.2, -0.15) is 0 Å². The number of benzene rings is 1. The van der Waals surface area contributed by atoms with Crippen LogP contribution in [0.3, 0.4) is 0 Å². The largest absolute Gasteiger partial charge is 0.384 e. The Bertz CT molecular complexity index is 596. The van der Waals surface area contributed by atoms with E-state index < -0.39 is 11.9 Å². The number of ether oxygens (including phenoxy) is 1. The summed E-state index contributed by atoms with van der Waals surface area (Å²) < 4.78 is 4.45. The summed E-state index contributed by atoms with van der Waals surface area (Å²) in [4.78, 5) is 27.0. The van der Waals surface area contributed by atoms with Crippen LogP contribution in [0.4, 0.5) is 0 Å². The Labute approximate surface area is 101 Å². The normalized spacial score (nSPS) is 13.7. The zero-order valence-electron chi connectivity index (χ0n) is 8.89. The average Bonchev–Trinajstić information content (AvgIpc) is 2.83. The first-order valence-corrected chi connectivity index (χ1v) is 5.81. The van der Waals surface area contributed by atoms with Crippen molar-refractivity contribution in [1.82, 2.24) is 4.98 Å². The molecule has 0 aliphatic carbocycles. The summed E-state index contributed by atoms with van der Waals surface area (Å²) in [6.07, 6.45) is 0. The third-order valence-electron chi connectivity index (χ3n) is 2.49. The third kappa shape index (κ3) is 1.55. The van der Waals surface area contributed by atoms with Crippen LogP contribution in [-0.4, -0.2) is 16.9 Å². The highest BCUT2D eigenvalue weighted by Crippen LogP contribution is 2.32. The number of carbonyl (C=O) groups excluding carboxylic acids is 2. The molecule has 2 aromatic rings. The molecular weight excluding hydrogens is 238 g/mol. The number of rotatable bonds is 1. The second kappa shape index (κ2) is 3.49. The molecule has 0 amide bonds. The van der Waals surface area contributed by atoms with Gasteiger partial charge in [-0.3, -0.25) is 0 Å². The zero-order chi connectivity index (χ0) is 12.0. The van der Waals surface area contributed by atoms with Gasteiger partial charge >= 0.3 is 11.9 Å². The lowest BCUT2D eigenvalue weighted by Crippen LogP contribution is -1.99. The highest BCUT2D eigenvalue weighted by molar-refractivity contribution is 7.17. The molecule has 1 aromatic heterocycles. The van der Waals surface area contributed by atoms with E-state index in [0.29, 0.717) is 9.88 Å². The Morgan fingerprint density at radius 2 is 1.82 bits per heavy atom. The molecule has 1 aromatic carbocycles. The fourth-order valence-electron chi connectivity index (χ4n) is 1.60. The number of aromatic nitrogens is 1. The van der Waals surface area contributed by atoms with Gasteiger partial charge in [0.05, 0.1) is 0 Å². The highest BCUT2D eigenvalue weighted by Gasteiger charge is 2.34. The topological polar surface area (TPSA) is 56.3 Å². The smallest absolute Gasteiger partial charge is 0.366 e. The Hall–Kier alpha value is -2.01. The molecule has 0 fully saturated rings. The van der Waals surface area contributed by atoms with Crippen LogP contribution < -0.4 is 0 Å². The maximum absolute atomic E-state index is 11.3. The number of esters is 2. The summed E-state index contributed by atoms with van der Waals surface area (Å²) in [6.45, 7) is 1.99. The van der Waals surface area contributed by atoms with E-state index in [4.69, 9.17) is 0 Å². The molecule has 0 unspecified atom stereocenters. The lowest BCUT2D eigenvalue weighted by Gasteiger charge is -1.97. The maximum atomic E-state index is 11.3. The van der Waals surface area contributed by atoms with Gasteiger partial charge < -0.3 is 4.74 Å². The van der Waals surface area contributed by atoms with E-state index in [1.54, 1.807) is 0 Å². The molecule has 0 bridgehead atoms. The standard InChI is InChI=1S/C12H7NO3S/c1-6-2-4-7(5-3-6)10-13-8-9(17-10)12(15)16-11(8)14/h2-5H,1H3. The molecule has 5 heteroatoms. The van der Waals surface area contributed by atoms with Crippen LogP contribution in [0.5, 0.6) is 0 Å². The summed E-state index contributed by atoms with van der Waals surface area (Å²) in [6, 6.07) is 7.75. The van der Waals surface area contributed by atoms with Gasteiger partial charge in [-0.25, -0.2) is 14.6 Å². The van der Waals surface area contributed by atoms with Crippen LogP contribution in [0.2, 0.25) is 0 Å². The number of hydrogen-bond acceptors (Lipinski definition) is 5. The number of carbonyl (C=O) groups is 2. The van der Waals surface area contributed by atoms with Crippen LogP contribution in [0.1, 0.15) is 25.7 Å².